The fraction of sp³-hybridized carbons (Fsp3) is 0.211. The molecule has 1 N–H and O–H groups in total. The van der Waals surface area contributed by atoms with Gasteiger partial charge in [0.15, 0.2) is 11.4 Å². The van der Waals surface area contributed by atoms with E-state index in [1.807, 2.05) is 19.9 Å². The number of benzene rings is 2. The van der Waals surface area contributed by atoms with E-state index in [1.54, 1.807) is 18.2 Å². The molecule has 2 aromatic carbocycles. The van der Waals surface area contributed by atoms with Crippen LogP contribution in [0.2, 0.25) is 0 Å². The number of hydrogen-bond donors (Lipinski definition) is 1. The highest BCUT2D eigenvalue weighted by molar-refractivity contribution is 7.92. The summed E-state index contributed by atoms with van der Waals surface area (Å²) in [6.07, 6.45) is 0.586. The van der Waals surface area contributed by atoms with E-state index in [0.717, 1.165) is 5.56 Å². The van der Waals surface area contributed by atoms with Crippen LogP contribution in [0.5, 0.6) is 0 Å². The van der Waals surface area contributed by atoms with E-state index >= 15 is 0 Å². The number of aryl methyl sites for hydroxylation is 2. The van der Waals surface area contributed by atoms with Crippen LogP contribution < -0.4 is 10.5 Å². The fourth-order valence-electron chi connectivity index (χ4n) is 2.93. The molecule has 0 saturated heterocycles. The van der Waals surface area contributed by atoms with Gasteiger partial charge in [-0.15, -0.1) is 0 Å². The predicted molar refractivity (Wildman–Crippen MR) is 105 cm³/mol. The molecule has 0 amide bonds. The first-order chi connectivity index (χ1) is 13.9. The molecule has 2 aromatic heterocycles. The summed E-state index contributed by atoms with van der Waals surface area (Å²) in [5.41, 5.74) is 1.97. The summed E-state index contributed by atoms with van der Waals surface area (Å²) >= 11 is 0. The predicted octanol–water partition coefficient (Wildman–Crippen LogP) is 2.70. The van der Waals surface area contributed by atoms with Gasteiger partial charge >= 0.3 is 5.76 Å². The lowest BCUT2D eigenvalue weighted by Gasteiger charge is -2.08. The van der Waals surface area contributed by atoms with Crippen molar-refractivity contribution in [2.24, 2.45) is 0 Å². The van der Waals surface area contributed by atoms with E-state index in [0.29, 0.717) is 29.3 Å². The van der Waals surface area contributed by atoms with Crippen molar-refractivity contribution in [3.8, 4) is 0 Å². The molecule has 0 fully saturated rings. The van der Waals surface area contributed by atoms with Crippen LogP contribution in [-0.4, -0.2) is 23.1 Å². The first kappa shape index (κ1) is 18.9. The third-order valence-corrected chi connectivity index (χ3v) is 5.71. The van der Waals surface area contributed by atoms with Crippen molar-refractivity contribution in [1.29, 1.82) is 0 Å². The zero-order chi connectivity index (χ0) is 20.6. The van der Waals surface area contributed by atoms with Gasteiger partial charge in [-0.1, -0.05) is 24.2 Å². The minimum absolute atomic E-state index is 0.0137. The average molecular weight is 414 g/mol. The molecule has 9 nitrogen and oxygen atoms in total. The third kappa shape index (κ3) is 3.79. The van der Waals surface area contributed by atoms with Crippen LogP contribution in [0.25, 0.3) is 11.1 Å². The van der Waals surface area contributed by atoms with Crippen LogP contribution in [0.1, 0.15) is 24.2 Å². The van der Waals surface area contributed by atoms with Crippen molar-refractivity contribution in [3.63, 3.8) is 0 Å². The van der Waals surface area contributed by atoms with Crippen molar-refractivity contribution < 1.29 is 17.4 Å². The molecule has 0 unspecified atom stereocenters. The number of nitrogens with one attached hydrogen (secondary N) is 1. The van der Waals surface area contributed by atoms with Crippen LogP contribution >= 0.6 is 0 Å². The number of hydrogen-bond acceptors (Lipinski definition) is 7. The van der Waals surface area contributed by atoms with Crippen LogP contribution in [0.4, 0.5) is 5.69 Å². The molecule has 150 valence electrons. The first-order valence-corrected chi connectivity index (χ1v) is 10.4. The second-order valence-corrected chi connectivity index (χ2v) is 8.20. The summed E-state index contributed by atoms with van der Waals surface area (Å²) in [7, 11) is -3.85. The molecule has 0 saturated carbocycles. The van der Waals surface area contributed by atoms with Gasteiger partial charge < -0.3 is 8.94 Å². The normalized spacial score (nSPS) is 11.8. The topological polar surface area (TPSA) is 120 Å². The number of nitrogens with zero attached hydrogens (tertiary/aromatic N) is 3. The van der Waals surface area contributed by atoms with Gasteiger partial charge in [0.25, 0.3) is 10.0 Å². The Labute approximate surface area is 166 Å². The van der Waals surface area contributed by atoms with Gasteiger partial charge in [0, 0.05) is 18.2 Å². The van der Waals surface area contributed by atoms with E-state index < -0.39 is 15.8 Å². The molecular formula is C19H18N4O5S. The summed E-state index contributed by atoms with van der Waals surface area (Å²) in [4.78, 5) is 16.4. The van der Waals surface area contributed by atoms with Gasteiger partial charge in [0.1, 0.15) is 0 Å². The molecule has 0 bridgehead atoms. The van der Waals surface area contributed by atoms with Gasteiger partial charge in [0.05, 0.1) is 17.0 Å². The van der Waals surface area contributed by atoms with E-state index in [2.05, 4.69) is 14.9 Å². The molecule has 0 spiro atoms. The molecule has 4 rings (SSSR count). The number of sulfonamides is 1. The standard InChI is InChI=1S/C19H18N4O5S/c1-3-18-20-17(21-28-18)11-23-15-8-7-14(10-16(15)27-19(23)24)29(25,26)22-13-6-4-5-12(2)9-13/h4-10,22H,3,11H2,1-2H3. The zero-order valence-electron chi connectivity index (χ0n) is 15.7. The van der Waals surface area contributed by atoms with E-state index in [4.69, 9.17) is 8.94 Å². The summed E-state index contributed by atoms with van der Waals surface area (Å²) in [5.74, 6) is 0.171. The lowest BCUT2D eigenvalue weighted by molar-refractivity contribution is 0.375. The summed E-state index contributed by atoms with van der Waals surface area (Å²) in [5, 5.41) is 3.83. The lowest BCUT2D eigenvalue weighted by atomic mass is 10.2. The van der Waals surface area contributed by atoms with E-state index in [-0.39, 0.29) is 17.0 Å². The molecule has 29 heavy (non-hydrogen) atoms. The van der Waals surface area contributed by atoms with Crippen LogP contribution in [0.3, 0.4) is 0 Å². The van der Waals surface area contributed by atoms with Crippen molar-refractivity contribution in [3.05, 3.63) is 70.3 Å². The molecule has 2 heterocycles. The number of aromatic nitrogens is 3. The highest BCUT2D eigenvalue weighted by atomic mass is 32.2. The van der Waals surface area contributed by atoms with Crippen molar-refractivity contribution in [2.45, 2.75) is 31.7 Å². The van der Waals surface area contributed by atoms with Crippen LogP contribution in [-0.2, 0) is 23.0 Å². The number of fused-ring (bicyclic) bond motifs is 1. The summed E-state index contributed by atoms with van der Waals surface area (Å²) in [6, 6.07) is 11.3. The van der Waals surface area contributed by atoms with Gasteiger partial charge in [-0.05, 0) is 36.8 Å². The zero-order valence-corrected chi connectivity index (χ0v) is 16.6. The molecule has 0 aliphatic carbocycles. The molecule has 0 atom stereocenters. The fourth-order valence-corrected chi connectivity index (χ4v) is 3.99. The molecule has 0 aliphatic heterocycles. The Kier molecular flexibility index (Phi) is 4.71. The SMILES string of the molecule is CCc1nc(Cn2c(=O)oc3cc(S(=O)(=O)Nc4cccc(C)c4)ccc32)no1. The van der Waals surface area contributed by atoms with E-state index in [1.165, 1.54) is 22.8 Å². The second-order valence-electron chi connectivity index (χ2n) is 6.52. The Bertz CT molecular complexity index is 1350. The molecule has 4 aromatic rings. The number of anilines is 1. The summed E-state index contributed by atoms with van der Waals surface area (Å²) in [6.45, 7) is 3.81. The Hall–Kier alpha value is -3.40. The maximum absolute atomic E-state index is 12.7. The Morgan fingerprint density at radius 1 is 1.17 bits per heavy atom. The molecule has 0 aliphatic rings. The number of oxazole rings is 1. The van der Waals surface area contributed by atoms with Gasteiger partial charge in [-0.25, -0.2) is 13.2 Å². The third-order valence-electron chi connectivity index (χ3n) is 4.33. The van der Waals surface area contributed by atoms with Gasteiger partial charge in [-0.3, -0.25) is 9.29 Å². The molecule has 0 radical (unpaired) electrons. The maximum Gasteiger partial charge on any atom is 0.420 e. The van der Waals surface area contributed by atoms with Gasteiger partial charge in [0.2, 0.25) is 5.89 Å². The Balaban J connectivity index is 1.67. The molecular weight excluding hydrogens is 396 g/mol. The van der Waals surface area contributed by atoms with Crippen molar-refractivity contribution in [1.82, 2.24) is 14.7 Å². The van der Waals surface area contributed by atoms with Crippen LogP contribution in [0, 0.1) is 6.92 Å². The minimum Gasteiger partial charge on any atom is -0.408 e. The maximum atomic E-state index is 12.7. The Morgan fingerprint density at radius 3 is 2.72 bits per heavy atom. The monoisotopic (exact) mass is 414 g/mol. The molecule has 10 heteroatoms. The highest BCUT2D eigenvalue weighted by Gasteiger charge is 2.19. The smallest absolute Gasteiger partial charge is 0.408 e. The van der Waals surface area contributed by atoms with Crippen molar-refractivity contribution in [2.75, 3.05) is 4.72 Å². The average Bonchev–Trinajstić information content (AvgIpc) is 3.25. The van der Waals surface area contributed by atoms with Gasteiger partial charge in [-0.2, -0.15) is 4.98 Å². The van der Waals surface area contributed by atoms with Crippen molar-refractivity contribution >= 4 is 26.8 Å². The van der Waals surface area contributed by atoms with Crippen LogP contribution in [0.15, 0.2) is 61.1 Å². The Morgan fingerprint density at radius 2 is 2.00 bits per heavy atom. The second kappa shape index (κ2) is 7.21. The first-order valence-electron chi connectivity index (χ1n) is 8.90. The number of rotatable bonds is 6. The largest absolute Gasteiger partial charge is 0.420 e. The van der Waals surface area contributed by atoms with E-state index in [9.17, 15) is 13.2 Å². The summed E-state index contributed by atoms with van der Waals surface area (Å²) < 4.78 is 39.5. The quantitative estimate of drug-likeness (QED) is 0.515. The lowest BCUT2D eigenvalue weighted by Crippen LogP contribution is -2.15. The minimum atomic E-state index is -3.85. The highest BCUT2D eigenvalue weighted by Crippen LogP contribution is 2.22.